The lowest BCUT2D eigenvalue weighted by atomic mass is 9.94. The maximum absolute atomic E-state index is 12.9. The van der Waals surface area contributed by atoms with Gasteiger partial charge < -0.3 is 25.2 Å². The molecule has 3 aromatic rings. The van der Waals surface area contributed by atoms with Gasteiger partial charge in [0.15, 0.2) is 0 Å². The molecule has 0 spiro atoms. The van der Waals surface area contributed by atoms with E-state index in [1.165, 1.54) is 0 Å². The van der Waals surface area contributed by atoms with E-state index in [1.54, 1.807) is 6.08 Å². The number of carbonyl (C=O) groups is 3. The molecule has 8 heteroatoms. The summed E-state index contributed by atoms with van der Waals surface area (Å²) in [5.74, 6) is -1.16. The number of ether oxygens (including phenoxy) is 2. The van der Waals surface area contributed by atoms with Gasteiger partial charge in [0.25, 0.3) is 0 Å². The molecule has 0 aliphatic rings. The summed E-state index contributed by atoms with van der Waals surface area (Å²) in [5, 5.41) is 15.6. The van der Waals surface area contributed by atoms with Gasteiger partial charge in [-0.2, -0.15) is 0 Å². The first-order valence-electron chi connectivity index (χ1n) is 16.3. The van der Waals surface area contributed by atoms with Gasteiger partial charge in [0.1, 0.15) is 19.0 Å². The van der Waals surface area contributed by atoms with Crippen LogP contribution in [0, 0.1) is 11.8 Å². The van der Waals surface area contributed by atoms with Gasteiger partial charge in [-0.3, -0.25) is 14.4 Å². The van der Waals surface area contributed by atoms with Crippen molar-refractivity contribution >= 4 is 17.8 Å². The number of amides is 2. The minimum absolute atomic E-state index is 0.0347. The minimum Gasteiger partial charge on any atom is -0.489 e. The molecule has 0 bridgehead atoms. The zero-order valence-electron chi connectivity index (χ0n) is 27.2. The van der Waals surface area contributed by atoms with Gasteiger partial charge in [-0.1, -0.05) is 84.9 Å². The Kier molecular flexibility index (Phi) is 16.6. The molecule has 250 valence electrons. The Morgan fingerprint density at radius 3 is 2.11 bits per heavy atom. The number of unbranched alkanes of at least 4 members (excludes halogenated alkanes) is 1. The van der Waals surface area contributed by atoms with Gasteiger partial charge in [0, 0.05) is 6.42 Å². The molecule has 3 rings (SSSR count). The predicted molar refractivity (Wildman–Crippen MR) is 185 cm³/mol. The number of hydrogen-bond acceptors (Lipinski definition) is 6. The smallest absolute Gasteiger partial charge is 0.309 e. The first kappa shape index (κ1) is 36.8. The lowest BCUT2D eigenvalue weighted by Gasteiger charge is -2.20. The predicted octanol–water partition coefficient (Wildman–Crippen LogP) is 5.74. The van der Waals surface area contributed by atoms with Crippen molar-refractivity contribution in [1.82, 2.24) is 10.6 Å². The summed E-state index contributed by atoms with van der Waals surface area (Å²) in [6.07, 6.45) is 7.03. The lowest BCUT2D eigenvalue weighted by Crippen LogP contribution is -2.42. The largest absolute Gasteiger partial charge is 0.489 e. The van der Waals surface area contributed by atoms with E-state index in [4.69, 9.17) is 9.47 Å². The third kappa shape index (κ3) is 14.1. The number of aliphatic hydroxyl groups excluding tert-OH is 1. The Balaban J connectivity index is 1.42. The number of benzene rings is 3. The molecule has 0 unspecified atom stereocenters. The highest BCUT2D eigenvalue weighted by atomic mass is 16.5. The molecule has 0 heterocycles. The average molecular weight is 641 g/mol. The van der Waals surface area contributed by atoms with Crippen molar-refractivity contribution in [2.45, 2.75) is 57.6 Å². The van der Waals surface area contributed by atoms with Crippen molar-refractivity contribution in [3.05, 3.63) is 127 Å². The zero-order chi connectivity index (χ0) is 33.7. The number of carbonyl (C=O) groups excluding carboxylic acids is 3. The van der Waals surface area contributed by atoms with Gasteiger partial charge in [-0.25, -0.2) is 0 Å². The number of allylic oxidation sites excluding steroid dienone is 2. The van der Waals surface area contributed by atoms with Crippen LogP contribution in [0.1, 0.15) is 48.8 Å². The number of nitrogens with one attached hydrogen (secondary N) is 2. The molecule has 0 aliphatic carbocycles. The van der Waals surface area contributed by atoms with Crippen LogP contribution in [-0.4, -0.2) is 48.7 Å². The van der Waals surface area contributed by atoms with Crippen LogP contribution in [0.3, 0.4) is 0 Å². The molecule has 0 aromatic heterocycles. The van der Waals surface area contributed by atoms with Crippen LogP contribution < -0.4 is 15.4 Å². The first-order valence-corrected chi connectivity index (χ1v) is 16.3. The van der Waals surface area contributed by atoms with Crippen molar-refractivity contribution < 1.29 is 29.0 Å². The Labute approximate surface area is 278 Å². The fourth-order valence-corrected chi connectivity index (χ4v) is 5.20. The highest BCUT2D eigenvalue weighted by Gasteiger charge is 2.23. The van der Waals surface area contributed by atoms with Gasteiger partial charge >= 0.3 is 5.97 Å². The Hall–Kier alpha value is -4.69. The fraction of sp³-hybridized carbons (Fsp3) is 0.359. The molecular weight excluding hydrogens is 592 g/mol. The second-order valence-electron chi connectivity index (χ2n) is 11.6. The Bertz CT molecular complexity index is 1380. The Morgan fingerprint density at radius 2 is 1.47 bits per heavy atom. The van der Waals surface area contributed by atoms with Crippen LogP contribution in [0.4, 0.5) is 0 Å². The van der Waals surface area contributed by atoms with Gasteiger partial charge in [0.2, 0.25) is 11.8 Å². The standard InChI is InChI=1S/C39H48N2O6/c1-3-5-8-18-34(25-30-14-9-6-10-15-30)39(45)46-24-23-40-38(44)33(13-4-2)27-37(43)41-35(28-42)26-31-19-21-36(22-20-31)47-29-32-16-11-7-12-17-32/h3-4,6-7,9-12,14-17,19-22,33-35,42H,1-2,5,8,13,18,23-29H2,(H,40,44)(H,41,43)/t33-,34-,35+/m1/s1. The monoisotopic (exact) mass is 640 g/mol. The van der Waals surface area contributed by atoms with E-state index in [9.17, 15) is 19.5 Å². The third-order valence-corrected chi connectivity index (χ3v) is 7.76. The van der Waals surface area contributed by atoms with E-state index in [0.29, 0.717) is 32.3 Å². The molecule has 0 radical (unpaired) electrons. The molecule has 0 aliphatic heterocycles. The quantitative estimate of drug-likeness (QED) is 0.0733. The molecule has 0 saturated heterocycles. The SMILES string of the molecule is C=CCCC[C@H](Cc1ccccc1)C(=O)OCCNC(=O)[C@H](CC=C)CC(=O)N[C@H](CO)Cc1ccc(OCc2ccccc2)cc1. The van der Waals surface area contributed by atoms with Crippen molar-refractivity contribution in [2.24, 2.45) is 11.8 Å². The van der Waals surface area contributed by atoms with E-state index in [0.717, 1.165) is 35.3 Å². The van der Waals surface area contributed by atoms with Crippen molar-refractivity contribution in [3.8, 4) is 5.75 Å². The van der Waals surface area contributed by atoms with Crippen LogP contribution in [0.2, 0.25) is 0 Å². The minimum atomic E-state index is -0.645. The van der Waals surface area contributed by atoms with E-state index >= 15 is 0 Å². The van der Waals surface area contributed by atoms with Crippen molar-refractivity contribution in [2.75, 3.05) is 19.8 Å². The van der Waals surface area contributed by atoms with E-state index in [2.05, 4.69) is 23.8 Å². The molecule has 47 heavy (non-hydrogen) atoms. The van der Waals surface area contributed by atoms with E-state index < -0.39 is 12.0 Å². The lowest BCUT2D eigenvalue weighted by molar-refractivity contribution is -0.149. The van der Waals surface area contributed by atoms with E-state index in [-0.39, 0.29) is 49.9 Å². The summed E-state index contributed by atoms with van der Waals surface area (Å²) in [7, 11) is 0. The molecule has 3 atom stereocenters. The second-order valence-corrected chi connectivity index (χ2v) is 11.6. The third-order valence-electron chi connectivity index (χ3n) is 7.76. The summed E-state index contributed by atoms with van der Waals surface area (Å²) in [6, 6.07) is 26.7. The summed E-state index contributed by atoms with van der Waals surface area (Å²) in [4.78, 5) is 38.7. The molecule has 2 amide bonds. The molecule has 0 fully saturated rings. The van der Waals surface area contributed by atoms with Crippen LogP contribution in [0.15, 0.2) is 110 Å². The number of esters is 1. The second kappa shape index (κ2) is 21.2. The molecule has 3 N–H and O–H groups in total. The van der Waals surface area contributed by atoms with Gasteiger partial charge in [-0.15, -0.1) is 13.2 Å². The maximum Gasteiger partial charge on any atom is 0.309 e. The van der Waals surface area contributed by atoms with E-state index in [1.807, 2.05) is 91.0 Å². The molecule has 0 saturated carbocycles. The molecular formula is C39H48N2O6. The summed E-state index contributed by atoms with van der Waals surface area (Å²) < 4.78 is 11.4. The number of aliphatic hydroxyl groups is 1. The highest BCUT2D eigenvalue weighted by molar-refractivity contribution is 5.86. The fourth-order valence-electron chi connectivity index (χ4n) is 5.20. The number of hydrogen-bond donors (Lipinski definition) is 3. The van der Waals surface area contributed by atoms with Crippen LogP contribution in [0.25, 0.3) is 0 Å². The van der Waals surface area contributed by atoms with Crippen LogP contribution in [0.5, 0.6) is 5.75 Å². The zero-order valence-corrected chi connectivity index (χ0v) is 27.2. The average Bonchev–Trinajstić information content (AvgIpc) is 3.09. The molecule has 8 nitrogen and oxygen atoms in total. The van der Waals surface area contributed by atoms with Gasteiger partial charge in [0.05, 0.1) is 31.0 Å². The summed E-state index contributed by atoms with van der Waals surface area (Å²) >= 11 is 0. The summed E-state index contributed by atoms with van der Waals surface area (Å²) in [5.41, 5.74) is 3.07. The topological polar surface area (TPSA) is 114 Å². The molecule has 3 aromatic carbocycles. The van der Waals surface area contributed by atoms with Gasteiger partial charge in [-0.05, 0) is 67.3 Å². The maximum atomic E-state index is 12.9. The first-order chi connectivity index (χ1) is 22.9. The normalized spacial score (nSPS) is 12.6. The van der Waals surface area contributed by atoms with Crippen LogP contribution >= 0.6 is 0 Å². The summed E-state index contributed by atoms with van der Waals surface area (Å²) in [6.45, 7) is 7.87. The highest BCUT2D eigenvalue weighted by Crippen LogP contribution is 2.18. The van der Waals surface area contributed by atoms with Crippen molar-refractivity contribution in [3.63, 3.8) is 0 Å². The number of rotatable bonds is 22. The van der Waals surface area contributed by atoms with Crippen molar-refractivity contribution in [1.29, 1.82) is 0 Å². The Morgan fingerprint density at radius 1 is 0.809 bits per heavy atom. The van der Waals surface area contributed by atoms with Crippen LogP contribution in [-0.2, 0) is 38.6 Å².